The van der Waals surface area contributed by atoms with Crippen LogP contribution < -0.4 is 14.2 Å². The van der Waals surface area contributed by atoms with E-state index < -0.39 is 0 Å². The first-order valence-corrected chi connectivity index (χ1v) is 9.13. The number of carbonyl (C=O) groups excluding carboxylic acids is 1. The maximum absolute atomic E-state index is 12.7. The van der Waals surface area contributed by atoms with E-state index in [2.05, 4.69) is 0 Å². The Morgan fingerprint density at radius 1 is 1.00 bits per heavy atom. The summed E-state index contributed by atoms with van der Waals surface area (Å²) < 4.78 is 15.9. The van der Waals surface area contributed by atoms with Crippen molar-refractivity contribution in [2.24, 2.45) is 0 Å². The third-order valence-electron chi connectivity index (χ3n) is 3.99. The van der Waals surface area contributed by atoms with Crippen LogP contribution in [0.5, 0.6) is 17.2 Å². The number of hydrogen-bond donors (Lipinski definition) is 0. The van der Waals surface area contributed by atoms with Gasteiger partial charge in [0, 0.05) is 24.1 Å². The number of benzene rings is 2. The first-order valence-electron chi connectivity index (χ1n) is 8.25. The molecule has 1 amide bonds. The maximum atomic E-state index is 12.7. The molecule has 2 aromatic rings. The molecule has 0 saturated carbocycles. The van der Waals surface area contributed by atoms with E-state index in [1.807, 2.05) is 49.4 Å². The minimum Gasteiger partial charge on any atom is -0.496 e. The molecular formula is C20H25NO4S. The Morgan fingerprint density at radius 3 is 2.31 bits per heavy atom. The molecule has 0 saturated heterocycles. The van der Waals surface area contributed by atoms with Gasteiger partial charge in [0.2, 0.25) is 5.91 Å². The highest BCUT2D eigenvalue weighted by molar-refractivity contribution is 8.00. The van der Waals surface area contributed by atoms with Crippen LogP contribution in [0.4, 0.5) is 0 Å². The van der Waals surface area contributed by atoms with Gasteiger partial charge in [0.15, 0.2) is 11.5 Å². The molecule has 0 heterocycles. The Morgan fingerprint density at radius 2 is 1.65 bits per heavy atom. The largest absolute Gasteiger partial charge is 0.496 e. The van der Waals surface area contributed by atoms with E-state index in [0.29, 0.717) is 18.0 Å². The van der Waals surface area contributed by atoms with Crippen molar-refractivity contribution in [1.82, 2.24) is 4.90 Å². The van der Waals surface area contributed by atoms with Crippen molar-refractivity contribution in [2.45, 2.75) is 23.6 Å². The number of para-hydroxylation sites is 1. The molecule has 6 heteroatoms. The molecule has 2 aromatic carbocycles. The number of methoxy groups -OCH3 is 3. The van der Waals surface area contributed by atoms with Gasteiger partial charge in [-0.15, -0.1) is 11.8 Å². The SMILES string of the molecule is COc1ccccc1CN(C)C(=O)[C@@H](C)Sc1ccc(OC)c(OC)c1. The van der Waals surface area contributed by atoms with E-state index in [9.17, 15) is 4.79 Å². The molecule has 0 spiro atoms. The lowest BCUT2D eigenvalue weighted by Crippen LogP contribution is -2.32. The van der Waals surface area contributed by atoms with Crippen LogP contribution >= 0.6 is 11.8 Å². The Bertz CT molecular complexity index is 750. The molecule has 0 unspecified atom stereocenters. The average molecular weight is 375 g/mol. The van der Waals surface area contributed by atoms with E-state index in [-0.39, 0.29) is 11.2 Å². The van der Waals surface area contributed by atoms with E-state index in [0.717, 1.165) is 16.2 Å². The Kier molecular flexibility index (Phi) is 7.21. The van der Waals surface area contributed by atoms with Crippen molar-refractivity contribution in [3.8, 4) is 17.2 Å². The zero-order chi connectivity index (χ0) is 19.1. The van der Waals surface area contributed by atoms with E-state index in [1.165, 1.54) is 11.8 Å². The molecule has 0 radical (unpaired) electrons. The van der Waals surface area contributed by atoms with Crippen LogP contribution in [0, 0.1) is 0 Å². The number of thioether (sulfide) groups is 1. The van der Waals surface area contributed by atoms with Gasteiger partial charge < -0.3 is 19.1 Å². The molecule has 0 aliphatic rings. The first-order chi connectivity index (χ1) is 12.5. The highest BCUT2D eigenvalue weighted by Crippen LogP contribution is 2.34. The van der Waals surface area contributed by atoms with Gasteiger partial charge in [-0.2, -0.15) is 0 Å². The summed E-state index contributed by atoms with van der Waals surface area (Å²) in [7, 11) is 6.64. The standard InChI is InChI=1S/C20H25NO4S/c1-14(26-16-10-11-18(24-4)19(12-16)25-5)20(22)21(2)13-15-8-6-7-9-17(15)23-3/h6-12,14H,13H2,1-5H3/t14-/m1/s1. The summed E-state index contributed by atoms with van der Waals surface area (Å²) in [4.78, 5) is 15.4. The van der Waals surface area contributed by atoms with Crippen LogP contribution in [-0.2, 0) is 11.3 Å². The van der Waals surface area contributed by atoms with Crippen LogP contribution in [-0.4, -0.2) is 44.4 Å². The van der Waals surface area contributed by atoms with Crippen molar-refractivity contribution >= 4 is 17.7 Å². The van der Waals surface area contributed by atoms with Gasteiger partial charge in [-0.3, -0.25) is 4.79 Å². The molecule has 0 bridgehead atoms. The quantitative estimate of drug-likeness (QED) is 0.656. The topological polar surface area (TPSA) is 48.0 Å². The second-order valence-electron chi connectivity index (χ2n) is 5.78. The number of nitrogens with zero attached hydrogens (tertiary/aromatic N) is 1. The summed E-state index contributed by atoms with van der Waals surface area (Å²) in [5, 5.41) is -0.229. The lowest BCUT2D eigenvalue weighted by Gasteiger charge is -2.22. The van der Waals surface area contributed by atoms with Crippen molar-refractivity contribution < 1.29 is 19.0 Å². The molecule has 1 atom stereocenters. The third kappa shape index (κ3) is 4.85. The second kappa shape index (κ2) is 9.38. The second-order valence-corrected chi connectivity index (χ2v) is 7.20. The molecule has 140 valence electrons. The van der Waals surface area contributed by atoms with Gasteiger partial charge in [0.1, 0.15) is 5.75 Å². The molecular weight excluding hydrogens is 350 g/mol. The predicted molar refractivity (Wildman–Crippen MR) is 104 cm³/mol. The third-order valence-corrected chi connectivity index (χ3v) is 5.07. The van der Waals surface area contributed by atoms with Gasteiger partial charge in [-0.1, -0.05) is 18.2 Å². The normalized spacial score (nSPS) is 11.6. The molecule has 0 aromatic heterocycles. The Hall–Kier alpha value is -2.34. The summed E-state index contributed by atoms with van der Waals surface area (Å²) in [6.45, 7) is 2.40. The lowest BCUT2D eigenvalue weighted by atomic mass is 10.2. The fourth-order valence-electron chi connectivity index (χ4n) is 2.62. The fraction of sp³-hybridized carbons (Fsp3) is 0.350. The molecule has 0 fully saturated rings. The van der Waals surface area contributed by atoms with Crippen LogP contribution in [0.25, 0.3) is 0 Å². The number of ether oxygens (including phenoxy) is 3. The van der Waals surface area contributed by atoms with Crippen LogP contribution in [0.1, 0.15) is 12.5 Å². The molecule has 0 N–H and O–H groups in total. The smallest absolute Gasteiger partial charge is 0.235 e. The van der Waals surface area contributed by atoms with E-state index in [1.54, 1.807) is 33.3 Å². The number of amides is 1. The molecule has 5 nitrogen and oxygen atoms in total. The monoisotopic (exact) mass is 375 g/mol. The summed E-state index contributed by atoms with van der Waals surface area (Å²) in [5.74, 6) is 2.16. The van der Waals surface area contributed by atoms with Crippen molar-refractivity contribution in [3.05, 3.63) is 48.0 Å². The highest BCUT2D eigenvalue weighted by atomic mass is 32.2. The average Bonchev–Trinajstić information content (AvgIpc) is 2.67. The molecule has 2 rings (SSSR count). The fourth-order valence-corrected chi connectivity index (χ4v) is 3.63. The zero-order valence-electron chi connectivity index (χ0n) is 15.8. The predicted octanol–water partition coefficient (Wildman–Crippen LogP) is 3.85. The van der Waals surface area contributed by atoms with Gasteiger partial charge >= 0.3 is 0 Å². The highest BCUT2D eigenvalue weighted by Gasteiger charge is 2.20. The van der Waals surface area contributed by atoms with Gasteiger partial charge in [0.05, 0.1) is 26.6 Å². The summed E-state index contributed by atoms with van der Waals surface area (Å²) in [6, 6.07) is 13.4. The number of carbonyl (C=O) groups is 1. The van der Waals surface area contributed by atoms with Crippen LogP contribution in [0.3, 0.4) is 0 Å². The summed E-state index contributed by atoms with van der Waals surface area (Å²) >= 11 is 1.49. The van der Waals surface area contributed by atoms with Crippen molar-refractivity contribution in [3.63, 3.8) is 0 Å². The zero-order valence-corrected chi connectivity index (χ0v) is 16.6. The van der Waals surface area contributed by atoms with Crippen LogP contribution in [0.15, 0.2) is 47.4 Å². The minimum absolute atomic E-state index is 0.0516. The van der Waals surface area contributed by atoms with Crippen molar-refractivity contribution in [1.29, 1.82) is 0 Å². The lowest BCUT2D eigenvalue weighted by molar-refractivity contribution is -0.129. The van der Waals surface area contributed by atoms with Crippen molar-refractivity contribution in [2.75, 3.05) is 28.4 Å². The van der Waals surface area contributed by atoms with E-state index >= 15 is 0 Å². The molecule has 0 aliphatic heterocycles. The Balaban J connectivity index is 2.04. The van der Waals surface area contributed by atoms with Gasteiger partial charge in [0.25, 0.3) is 0 Å². The first kappa shape index (κ1) is 20.0. The molecule has 0 aliphatic carbocycles. The van der Waals surface area contributed by atoms with Gasteiger partial charge in [-0.25, -0.2) is 0 Å². The van der Waals surface area contributed by atoms with E-state index in [4.69, 9.17) is 14.2 Å². The summed E-state index contributed by atoms with van der Waals surface area (Å²) in [5.41, 5.74) is 0.981. The Labute approximate surface area is 159 Å². The van der Waals surface area contributed by atoms with Gasteiger partial charge in [-0.05, 0) is 31.2 Å². The minimum atomic E-state index is -0.229. The maximum Gasteiger partial charge on any atom is 0.235 e. The number of hydrogen-bond acceptors (Lipinski definition) is 5. The summed E-state index contributed by atoms with van der Waals surface area (Å²) in [6.07, 6.45) is 0. The molecule has 26 heavy (non-hydrogen) atoms. The number of rotatable bonds is 8. The van der Waals surface area contributed by atoms with Crippen LogP contribution in [0.2, 0.25) is 0 Å².